The van der Waals surface area contributed by atoms with Gasteiger partial charge in [-0.2, -0.15) is 0 Å². The highest BCUT2D eigenvalue weighted by atomic mass is 16.6. The molecule has 88 valence electrons. The second-order valence-corrected chi connectivity index (χ2v) is 3.34. The first-order valence-electron chi connectivity index (χ1n) is 4.73. The van der Waals surface area contributed by atoms with Gasteiger partial charge >= 0.3 is 16.9 Å². The Labute approximate surface area is 89.9 Å². The van der Waals surface area contributed by atoms with Gasteiger partial charge in [0.05, 0.1) is 4.92 Å². The first kappa shape index (κ1) is 12.0. The summed E-state index contributed by atoms with van der Waals surface area (Å²) in [7, 11) is 0. The van der Waals surface area contributed by atoms with E-state index < -0.39 is 21.9 Å². The molecule has 8 heteroatoms. The van der Waals surface area contributed by atoms with E-state index in [-0.39, 0.29) is 11.9 Å². The zero-order valence-electron chi connectivity index (χ0n) is 8.86. The highest BCUT2D eigenvalue weighted by molar-refractivity contribution is 5.53. The van der Waals surface area contributed by atoms with Crippen LogP contribution in [0.1, 0.15) is 20.3 Å². The fourth-order valence-electron chi connectivity index (χ4n) is 1.11. The second-order valence-electron chi connectivity index (χ2n) is 3.34. The molecule has 0 aliphatic rings. The van der Waals surface area contributed by atoms with Crippen molar-refractivity contribution in [2.24, 2.45) is 0 Å². The third kappa shape index (κ3) is 2.47. The molecule has 3 N–H and O–H groups in total. The Morgan fingerprint density at radius 1 is 1.44 bits per heavy atom. The van der Waals surface area contributed by atoms with Crippen LogP contribution in [0.2, 0.25) is 0 Å². The van der Waals surface area contributed by atoms with Crippen molar-refractivity contribution in [2.75, 3.05) is 5.32 Å². The second kappa shape index (κ2) is 4.60. The van der Waals surface area contributed by atoms with Gasteiger partial charge in [-0.05, 0) is 13.3 Å². The van der Waals surface area contributed by atoms with Gasteiger partial charge in [0.1, 0.15) is 0 Å². The van der Waals surface area contributed by atoms with Crippen LogP contribution < -0.4 is 16.6 Å². The van der Waals surface area contributed by atoms with Crippen molar-refractivity contribution >= 4 is 11.5 Å². The third-order valence-electron chi connectivity index (χ3n) is 2.10. The Kier molecular flexibility index (Phi) is 3.44. The van der Waals surface area contributed by atoms with Gasteiger partial charge in [0.2, 0.25) is 0 Å². The number of rotatable bonds is 4. The molecule has 0 amide bonds. The quantitative estimate of drug-likeness (QED) is 0.501. The fraction of sp³-hybridized carbons (Fsp3) is 0.500. The molecule has 1 rings (SSSR count). The van der Waals surface area contributed by atoms with Gasteiger partial charge in [0, 0.05) is 6.04 Å². The van der Waals surface area contributed by atoms with E-state index >= 15 is 0 Å². The lowest BCUT2D eigenvalue weighted by molar-refractivity contribution is -0.385. The third-order valence-corrected chi connectivity index (χ3v) is 2.10. The molecule has 0 unspecified atom stereocenters. The summed E-state index contributed by atoms with van der Waals surface area (Å²) >= 11 is 0. The molecule has 8 nitrogen and oxygen atoms in total. The monoisotopic (exact) mass is 228 g/mol. The van der Waals surface area contributed by atoms with Gasteiger partial charge in [-0.25, -0.2) is 4.79 Å². The van der Waals surface area contributed by atoms with E-state index in [9.17, 15) is 19.7 Å². The Balaban J connectivity index is 3.30. The summed E-state index contributed by atoms with van der Waals surface area (Å²) in [6, 6.07) is -0.0869. The SMILES string of the molecule is CC[C@H](C)Nc1[nH]c(=O)[nH]c(=O)c1[N+](=O)[O-]. The normalized spacial score (nSPS) is 12.1. The Morgan fingerprint density at radius 2 is 2.06 bits per heavy atom. The van der Waals surface area contributed by atoms with Crippen LogP contribution in [0, 0.1) is 10.1 Å². The molecule has 0 aromatic carbocycles. The van der Waals surface area contributed by atoms with Crippen LogP contribution in [0.4, 0.5) is 11.5 Å². The maximum atomic E-state index is 11.2. The van der Waals surface area contributed by atoms with Crippen LogP contribution in [-0.4, -0.2) is 20.9 Å². The molecule has 0 radical (unpaired) electrons. The molecule has 16 heavy (non-hydrogen) atoms. The molecule has 0 spiro atoms. The van der Waals surface area contributed by atoms with Crippen molar-refractivity contribution in [3.63, 3.8) is 0 Å². The summed E-state index contributed by atoms with van der Waals surface area (Å²) in [5.41, 5.74) is -2.47. The number of aromatic amines is 2. The average molecular weight is 228 g/mol. The standard InChI is InChI=1S/C8H12N4O4/c1-3-4(2)9-6-5(12(15)16)7(13)11-8(14)10-6/h4H,3H2,1-2H3,(H3,9,10,11,13,14)/t4-/m0/s1. The van der Waals surface area contributed by atoms with Gasteiger partial charge in [-0.1, -0.05) is 6.92 Å². The minimum atomic E-state index is -1.01. The van der Waals surface area contributed by atoms with Crippen molar-refractivity contribution in [3.05, 3.63) is 31.0 Å². The minimum absolute atomic E-state index is 0.0869. The molecular weight excluding hydrogens is 216 g/mol. The zero-order chi connectivity index (χ0) is 12.3. The lowest BCUT2D eigenvalue weighted by Crippen LogP contribution is -2.28. The number of nitro groups is 1. The lowest BCUT2D eigenvalue weighted by atomic mass is 10.2. The average Bonchev–Trinajstić information content (AvgIpc) is 2.15. The number of aromatic nitrogens is 2. The van der Waals surface area contributed by atoms with Crippen molar-refractivity contribution in [2.45, 2.75) is 26.3 Å². The predicted molar refractivity (Wildman–Crippen MR) is 57.7 cm³/mol. The van der Waals surface area contributed by atoms with Crippen LogP contribution >= 0.6 is 0 Å². The fourth-order valence-corrected chi connectivity index (χ4v) is 1.11. The number of anilines is 1. The molecule has 0 bridgehead atoms. The van der Waals surface area contributed by atoms with Crippen LogP contribution in [0.25, 0.3) is 0 Å². The van der Waals surface area contributed by atoms with E-state index in [0.717, 1.165) is 0 Å². The Morgan fingerprint density at radius 3 is 2.56 bits per heavy atom. The number of hydrogen-bond acceptors (Lipinski definition) is 5. The van der Waals surface area contributed by atoms with Crippen LogP contribution in [0.3, 0.4) is 0 Å². The van der Waals surface area contributed by atoms with Gasteiger partial charge in [-0.3, -0.25) is 24.9 Å². The number of hydrogen-bond donors (Lipinski definition) is 3. The van der Waals surface area contributed by atoms with Crippen molar-refractivity contribution in [1.82, 2.24) is 9.97 Å². The van der Waals surface area contributed by atoms with Gasteiger partial charge in [0.25, 0.3) is 0 Å². The van der Waals surface area contributed by atoms with Crippen LogP contribution in [-0.2, 0) is 0 Å². The molecule has 1 aromatic heterocycles. The van der Waals surface area contributed by atoms with Gasteiger partial charge < -0.3 is 5.32 Å². The van der Waals surface area contributed by atoms with Gasteiger partial charge in [-0.15, -0.1) is 0 Å². The molecule has 0 saturated heterocycles. The summed E-state index contributed by atoms with van der Waals surface area (Å²) in [6.45, 7) is 3.65. The molecule has 0 aliphatic heterocycles. The highest BCUT2D eigenvalue weighted by Crippen LogP contribution is 2.15. The summed E-state index contributed by atoms with van der Waals surface area (Å²) in [5, 5.41) is 13.4. The van der Waals surface area contributed by atoms with E-state index in [1.165, 1.54) is 0 Å². The van der Waals surface area contributed by atoms with Crippen molar-refractivity contribution < 1.29 is 4.92 Å². The molecule has 1 atom stereocenters. The van der Waals surface area contributed by atoms with E-state index in [2.05, 4.69) is 10.3 Å². The van der Waals surface area contributed by atoms with Crippen molar-refractivity contribution in [1.29, 1.82) is 0 Å². The Bertz CT molecular complexity index is 503. The molecular formula is C8H12N4O4. The topological polar surface area (TPSA) is 121 Å². The maximum Gasteiger partial charge on any atom is 0.373 e. The molecule has 1 heterocycles. The maximum absolute atomic E-state index is 11.2. The highest BCUT2D eigenvalue weighted by Gasteiger charge is 2.21. The minimum Gasteiger partial charge on any atom is -0.363 e. The molecule has 0 fully saturated rings. The van der Waals surface area contributed by atoms with Crippen LogP contribution in [0.5, 0.6) is 0 Å². The number of H-pyrrole nitrogens is 2. The number of nitrogens with zero attached hydrogens (tertiary/aromatic N) is 1. The number of nitrogens with one attached hydrogen (secondary N) is 3. The largest absolute Gasteiger partial charge is 0.373 e. The van der Waals surface area contributed by atoms with Gasteiger partial charge in [0.15, 0.2) is 5.82 Å². The first-order chi connectivity index (χ1) is 7.45. The van der Waals surface area contributed by atoms with E-state index in [4.69, 9.17) is 0 Å². The first-order valence-corrected chi connectivity index (χ1v) is 4.73. The zero-order valence-corrected chi connectivity index (χ0v) is 8.86. The summed E-state index contributed by atoms with van der Waals surface area (Å²) < 4.78 is 0. The molecule has 1 aromatic rings. The van der Waals surface area contributed by atoms with E-state index in [1.54, 1.807) is 11.9 Å². The molecule has 0 aliphatic carbocycles. The van der Waals surface area contributed by atoms with E-state index in [1.807, 2.05) is 6.92 Å². The summed E-state index contributed by atoms with van der Waals surface area (Å²) in [6.07, 6.45) is 0.700. The van der Waals surface area contributed by atoms with Crippen LogP contribution in [0.15, 0.2) is 9.59 Å². The lowest BCUT2D eigenvalue weighted by Gasteiger charge is -2.11. The predicted octanol–water partition coefficient (Wildman–Crippen LogP) is 0.182. The molecule has 0 saturated carbocycles. The Hall–Kier alpha value is -2.12. The van der Waals surface area contributed by atoms with Crippen molar-refractivity contribution in [3.8, 4) is 0 Å². The summed E-state index contributed by atoms with van der Waals surface area (Å²) in [5.74, 6) is -0.159. The van der Waals surface area contributed by atoms with E-state index in [0.29, 0.717) is 6.42 Å². The summed E-state index contributed by atoms with van der Waals surface area (Å²) in [4.78, 5) is 36.0. The smallest absolute Gasteiger partial charge is 0.363 e.